The minimum absolute atomic E-state index is 0.0451. The van der Waals surface area contributed by atoms with E-state index in [2.05, 4.69) is 0 Å². The zero-order valence-corrected chi connectivity index (χ0v) is 15.8. The Bertz CT molecular complexity index is 767. The number of fused-ring (bicyclic) bond motifs is 1. The molecule has 1 aromatic carbocycles. The Kier molecular flexibility index (Phi) is 5.69. The number of amides is 1. The molecule has 26 heavy (non-hydrogen) atoms. The Balaban J connectivity index is 1.72. The highest BCUT2D eigenvalue weighted by atomic mass is 32.2. The van der Waals surface area contributed by atoms with Crippen LogP contribution in [0.25, 0.3) is 0 Å². The predicted molar refractivity (Wildman–Crippen MR) is 93.9 cm³/mol. The van der Waals surface area contributed by atoms with Crippen molar-refractivity contribution in [1.82, 2.24) is 9.21 Å². The Hall–Kier alpha value is -1.84. The third-order valence-corrected chi connectivity index (χ3v) is 6.18. The summed E-state index contributed by atoms with van der Waals surface area (Å²) in [6.45, 7) is 4.08. The van der Waals surface area contributed by atoms with Crippen LogP contribution in [-0.2, 0) is 19.6 Å². The first-order valence-electron chi connectivity index (χ1n) is 8.63. The van der Waals surface area contributed by atoms with Gasteiger partial charge in [0.25, 0.3) is 0 Å². The van der Waals surface area contributed by atoms with E-state index in [9.17, 15) is 13.2 Å². The molecule has 2 heterocycles. The zero-order valence-electron chi connectivity index (χ0n) is 15.0. The lowest BCUT2D eigenvalue weighted by Gasteiger charge is -2.32. The zero-order chi connectivity index (χ0) is 18.7. The molecular formula is C17H24N2O6S. The summed E-state index contributed by atoms with van der Waals surface area (Å²) in [5.41, 5.74) is 0. The van der Waals surface area contributed by atoms with Crippen molar-refractivity contribution in [3.05, 3.63) is 18.2 Å². The summed E-state index contributed by atoms with van der Waals surface area (Å²) in [5.74, 6) is 0.702. The van der Waals surface area contributed by atoms with Gasteiger partial charge in [0.15, 0.2) is 11.5 Å². The molecular weight excluding hydrogens is 360 g/mol. The maximum absolute atomic E-state index is 12.8. The molecule has 3 rings (SSSR count). The molecule has 1 saturated heterocycles. The van der Waals surface area contributed by atoms with Gasteiger partial charge in [-0.15, -0.1) is 0 Å². The number of carbonyl (C=O) groups is 1. The normalized spacial score (nSPS) is 20.7. The highest BCUT2D eigenvalue weighted by Gasteiger charge is 2.28. The van der Waals surface area contributed by atoms with Gasteiger partial charge < -0.3 is 19.1 Å². The number of benzene rings is 1. The minimum atomic E-state index is -3.81. The molecule has 0 spiro atoms. The SMILES string of the molecule is CC1CN(C(=O)CN(C)S(=O)(=O)c2ccc3c(c2)OCCCO3)CCO1. The molecule has 1 atom stereocenters. The topological polar surface area (TPSA) is 85.4 Å². The third-order valence-electron chi connectivity index (χ3n) is 4.38. The summed E-state index contributed by atoms with van der Waals surface area (Å²) in [4.78, 5) is 14.1. The van der Waals surface area contributed by atoms with Crippen LogP contribution in [0.5, 0.6) is 11.5 Å². The fraction of sp³-hybridized carbons (Fsp3) is 0.588. The summed E-state index contributed by atoms with van der Waals surface area (Å²) >= 11 is 0. The predicted octanol–water partition coefficient (Wildman–Crippen LogP) is 0.716. The van der Waals surface area contributed by atoms with Crippen LogP contribution >= 0.6 is 0 Å². The van der Waals surface area contributed by atoms with Crippen LogP contribution in [0.15, 0.2) is 23.1 Å². The molecule has 0 aliphatic carbocycles. The molecule has 1 unspecified atom stereocenters. The summed E-state index contributed by atoms with van der Waals surface area (Å²) < 4.78 is 43.2. The van der Waals surface area contributed by atoms with Crippen molar-refractivity contribution in [1.29, 1.82) is 0 Å². The summed E-state index contributed by atoms with van der Waals surface area (Å²) in [6.07, 6.45) is 0.694. The van der Waals surface area contributed by atoms with Crippen LogP contribution in [-0.4, -0.2) is 76.1 Å². The van der Waals surface area contributed by atoms with E-state index in [1.54, 1.807) is 11.0 Å². The van der Waals surface area contributed by atoms with E-state index in [0.29, 0.717) is 44.4 Å². The minimum Gasteiger partial charge on any atom is -0.490 e. The van der Waals surface area contributed by atoms with E-state index in [1.165, 1.54) is 19.2 Å². The van der Waals surface area contributed by atoms with Crippen LogP contribution in [0.2, 0.25) is 0 Å². The summed E-state index contributed by atoms with van der Waals surface area (Å²) in [5, 5.41) is 0. The standard InChI is InChI=1S/C17H24N2O6S/c1-13-11-19(6-9-23-13)17(20)12-18(2)26(21,22)14-4-5-15-16(10-14)25-8-3-7-24-15/h4-5,10,13H,3,6-9,11-12H2,1-2H3. The molecule has 8 nitrogen and oxygen atoms in total. The van der Waals surface area contributed by atoms with Crippen LogP contribution < -0.4 is 9.47 Å². The van der Waals surface area contributed by atoms with Crippen molar-refractivity contribution in [3.63, 3.8) is 0 Å². The van der Waals surface area contributed by atoms with E-state index in [4.69, 9.17) is 14.2 Å². The number of hydrogen-bond donors (Lipinski definition) is 0. The number of likely N-dealkylation sites (N-methyl/N-ethyl adjacent to an activating group) is 1. The van der Waals surface area contributed by atoms with E-state index in [1.807, 2.05) is 6.92 Å². The number of sulfonamides is 1. The smallest absolute Gasteiger partial charge is 0.243 e. The third kappa shape index (κ3) is 4.11. The first kappa shape index (κ1) is 18.9. The number of hydrogen-bond acceptors (Lipinski definition) is 6. The quantitative estimate of drug-likeness (QED) is 0.760. The second-order valence-corrected chi connectivity index (χ2v) is 8.49. The average Bonchev–Trinajstić information content (AvgIpc) is 2.86. The van der Waals surface area contributed by atoms with Crippen molar-refractivity contribution in [3.8, 4) is 11.5 Å². The van der Waals surface area contributed by atoms with Gasteiger partial charge in [0, 0.05) is 32.6 Å². The fourth-order valence-corrected chi connectivity index (χ4v) is 4.04. The Morgan fingerprint density at radius 2 is 1.96 bits per heavy atom. The number of nitrogens with zero attached hydrogens (tertiary/aromatic N) is 2. The molecule has 0 saturated carbocycles. The van der Waals surface area contributed by atoms with E-state index in [0.717, 1.165) is 10.7 Å². The number of rotatable bonds is 4. The van der Waals surface area contributed by atoms with Gasteiger partial charge >= 0.3 is 0 Å². The van der Waals surface area contributed by atoms with Crippen LogP contribution in [0.4, 0.5) is 0 Å². The van der Waals surface area contributed by atoms with E-state index < -0.39 is 10.0 Å². The molecule has 2 aliphatic heterocycles. The molecule has 0 bridgehead atoms. The van der Waals surface area contributed by atoms with Gasteiger partial charge in [0.05, 0.1) is 37.4 Å². The molecule has 9 heteroatoms. The van der Waals surface area contributed by atoms with Gasteiger partial charge in [-0.05, 0) is 19.1 Å². The average molecular weight is 384 g/mol. The van der Waals surface area contributed by atoms with Gasteiger partial charge in [-0.2, -0.15) is 4.31 Å². The van der Waals surface area contributed by atoms with Crippen molar-refractivity contribution in [2.75, 3.05) is 46.5 Å². The molecule has 2 aliphatic rings. The molecule has 1 aromatic rings. The first-order valence-corrected chi connectivity index (χ1v) is 10.1. The lowest BCUT2D eigenvalue weighted by atomic mass is 10.3. The Morgan fingerprint density at radius 1 is 1.23 bits per heavy atom. The molecule has 0 radical (unpaired) electrons. The van der Waals surface area contributed by atoms with E-state index in [-0.39, 0.29) is 23.5 Å². The van der Waals surface area contributed by atoms with Crippen molar-refractivity contribution in [2.45, 2.75) is 24.3 Å². The Morgan fingerprint density at radius 3 is 2.69 bits per heavy atom. The summed E-state index contributed by atoms with van der Waals surface area (Å²) in [6, 6.07) is 4.52. The molecule has 0 aromatic heterocycles. The highest BCUT2D eigenvalue weighted by Crippen LogP contribution is 2.32. The maximum Gasteiger partial charge on any atom is 0.243 e. The van der Waals surface area contributed by atoms with Gasteiger partial charge in [0.1, 0.15) is 0 Å². The Labute approximate surface area is 153 Å². The second-order valence-electron chi connectivity index (χ2n) is 6.44. The number of morpholine rings is 1. The second kappa shape index (κ2) is 7.81. The van der Waals surface area contributed by atoms with E-state index >= 15 is 0 Å². The summed E-state index contributed by atoms with van der Waals surface area (Å²) in [7, 11) is -2.41. The largest absolute Gasteiger partial charge is 0.490 e. The molecule has 144 valence electrons. The first-order chi connectivity index (χ1) is 12.4. The van der Waals surface area contributed by atoms with Crippen LogP contribution in [0.3, 0.4) is 0 Å². The maximum atomic E-state index is 12.8. The van der Waals surface area contributed by atoms with Gasteiger partial charge in [-0.1, -0.05) is 0 Å². The molecule has 1 amide bonds. The van der Waals surface area contributed by atoms with Crippen molar-refractivity contribution < 1.29 is 27.4 Å². The molecule has 1 fully saturated rings. The van der Waals surface area contributed by atoms with Gasteiger partial charge in [-0.3, -0.25) is 4.79 Å². The fourth-order valence-electron chi connectivity index (χ4n) is 2.90. The van der Waals surface area contributed by atoms with Gasteiger partial charge in [-0.25, -0.2) is 8.42 Å². The molecule has 0 N–H and O–H groups in total. The monoisotopic (exact) mass is 384 g/mol. The lowest BCUT2D eigenvalue weighted by molar-refractivity contribution is -0.138. The van der Waals surface area contributed by atoms with Gasteiger partial charge in [0.2, 0.25) is 15.9 Å². The number of ether oxygens (including phenoxy) is 3. The van der Waals surface area contributed by atoms with Crippen molar-refractivity contribution in [2.24, 2.45) is 0 Å². The number of carbonyl (C=O) groups excluding carboxylic acids is 1. The van der Waals surface area contributed by atoms with Crippen LogP contribution in [0.1, 0.15) is 13.3 Å². The van der Waals surface area contributed by atoms with Crippen molar-refractivity contribution >= 4 is 15.9 Å². The van der Waals surface area contributed by atoms with Crippen LogP contribution in [0, 0.1) is 0 Å². The highest BCUT2D eigenvalue weighted by molar-refractivity contribution is 7.89. The lowest BCUT2D eigenvalue weighted by Crippen LogP contribution is -2.48.